The molecule has 0 aromatic heterocycles. The van der Waals surface area contributed by atoms with Crippen LogP contribution in [0.2, 0.25) is 10.0 Å². The van der Waals surface area contributed by atoms with Gasteiger partial charge in [-0.05, 0) is 43.7 Å². The van der Waals surface area contributed by atoms with E-state index in [0.29, 0.717) is 33.6 Å². The molecule has 0 saturated carbocycles. The lowest BCUT2D eigenvalue weighted by atomic mass is 10.1. The predicted octanol–water partition coefficient (Wildman–Crippen LogP) is 4.41. The van der Waals surface area contributed by atoms with E-state index in [9.17, 15) is 9.59 Å². The molecular formula is C19H20Cl2N2O3. The van der Waals surface area contributed by atoms with Gasteiger partial charge >= 0.3 is 0 Å². The van der Waals surface area contributed by atoms with Crippen molar-refractivity contribution in [1.82, 2.24) is 4.90 Å². The molecule has 26 heavy (non-hydrogen) atoms. The number of carbonyl (C=O) groups is 2. The highest BCUT2D eigenvalue weighted by Crippen LogP contribution is 2.29. The fraction of sp³-hybridized carbons (Fsp3) is 0.263. The van der Waals surface area contributed by atoms with Crippen molar-refractivity contribution in [3.63, 3.8) is 0 Å². The highest BCUT2D eigenvalue weighted by Gasteiger charge is 2.19. The minimum Gasteiger partial charge on any atom is -0.496 e. The second-order valence-corrected chi connectivity index (χ2v) is 6.46. The van der Waals surface area contributed by atoms with Gasteiger partial charge in [0.15, 0.2) is 0 Å². The zero-order valence-corrected chi connectivity index (χ0v) is 16.3. The summed E-state index contributed by atoms with van der Waals surface area (Å²) < 4.78 is 5.26. The number of halogens is 2. The Bertz CT molecular complexity index is 804. The van der Waals surface area contributed by atoms with Crippen molar-refractivity contribution in [1.29, 1.82) is 0 Å². The molecule has 0 heterocycles. The summed E-state index contributed by atoms with van der Waals surface area (Å²) in [5.41, 5.74) is 1.72. The van der Waals surface area contributed by atoms with Crippen LogP contribution >= 0.6 is 23.2 Å². The number of methoxy groups -OCH3 is 1. The molecule has 2 amide bonds. The number of hydrogen-bond donors (Lipinski definition) is 1. The van der Waals surface area contributed by atoms with Crippen molar-refractivity contribution in [3.8, 4) is 5.75 Å². The number of anilines is 1. The normalized spacial score (nSPS) is 10.3. The Morgan fingerprint density at radius 1 is 1.15 bits per heavy atom. The molecule has 0 saturated heterocycles. The number of carbonyl (C=O) groups excluding carboxylic acids is 2. The Balaban J connectivity index is 2.13. The summed E-state index contributed by atoms with van der Waals surface area (Å²) in [5, 5.41) is 3.33. The second kappa shape index (κ2) is 8.92. The first-order valence-electron chi connectivity index (χ1n) is 8.05. The van der Waals surface area contributed by atoms with Gasteiger partial charge in [-0.25, -0.2) is 0 Å². The van der Waals surface area contributed by atoms with Gasteiger partial charge in [0.25, 0.3) is 5.91 Å². The first-order chi connectivity index (χ1) is 12.4. The minimum atomic E-state index is -0.380. The smallest absolute Gasteiger partial charge is 0.254 e. The van der Waals surface area contributed by atoms with E-state index in [4.69, 9.17) is 27.9 Å². The van der Waals surface area contributed by atoms with Gasteiger partial charge in [-0.15, -0.1) is 0 Å². The van der Waals surface area contributed by atoms with E-state index < -0.39 is 0 Å². The van der Waals surface area contributed by atoms with Crippen LogP contribution in [0.4, 0.5) is 5.69 Å². The number of hydrogen-bond acceptors (Lipinski definition) is 3. The van der Waals surface area contributed by atoms with Gasteiger partial charge in [-0.3, -0.25) is 9.59 Å². The molecule has 0 fully saturated rings. The molecule has 0 aliphatic rings. The second-order valence-electron chi connectivity index (χ2n) is 5.65. The van der Waals surface area contributed by atoms with Crippen LogP contribution in [0.15, 0.2) is 36.4 Å². The van der Waals surface area contributed by atoms with Crippen molar-refractivity contribution in [2.45, 2.75) is 13.8 Å². The van der Waals surface area contributed by atoms with Crippen LogP contribution in [0, 0.1) is 6.92 Å². The summed E-state index contributed by atoms with van der Waals surface area (Å²) in [6.45, 7) is 3.95. The van der Waals surface area contributed by atoms with Crippen LogP contribution in [0.5, 0.6) is 5.75 Å². The van der Waals surface area contributed by atoms with Crippen molar-refractivity contribution in [3.05, 3.63) is 57.6 Å². The number of aryl methyl sites for hydroxylation is 1. The van der Waals surface area contributed by atoms with Gasteiger partial charge in [0, 0.05) is 12.1 Å². The quantitative estimate of drug-likeness (QED) is 0.788. The SMILES string of the molecule is CCN(CC(=O)Nc1c(Cl)cccc1Cl)C(=O)c1ccc(C)c(OC)c1. The Morgan fingerprint density at radius 3 is 2.38 bits per heavy atom. The standard InChI is InChI=1S/C19H20Cl2N2O3/c1-4-23(19(25)13-9-8-12(2)16(10-13)26-3)11-17(24)22-18-14(20)6-5-7-15(18)21/h5-10H,4,11H2,1-3H3,(H,22,24). The number of likely N-dealkylation sites (N-methyl/N-ethyl adjacent to an activating group) is 1. The van der Waals surface area contributed by atoms with Gasteiger partial charge in [-0.1, -0.05) is 35.3 Å². The molecule has 0 atom stereocenters. The molecule has 0 radical (unpaired) electrons. The van der Waals surface area contributed by atoms with Crippen LogP contribution in [0.1, 0.15) is 22.8 Å². The third-order valence-corrected chi connectivity index (χ3v) is 4.52. The van der Waals surface area contributed by atoms with E-state index in [1.807, 2.05) is 13.0 Å². The van der Waals surface area contributed by atoms with Gasteiger partial charge in [0.1, 0.15) is 12.3 Å². The molecule has 138 valence electrons. The van der Waals surface area contributed by atoms with Crippen molar-refractivity contribution < 1.29 is 14.3 Å². The van der Waals surface area contributed by atoms with E-state index in [1.165, 1.54) is 4.90 Å². The van der Waals surface area contributed by atoms with Crippen molar-refractivity contribution in [2.24, 2.45) is 0 Å². The molecule has 0 aliphatic heterocycles. The molecule has 2 rings (SSSR count). The maximum absolute atomic E-state index is 12.7. The minimum absolute atomic E-state index is 0.118. The van der Waals surface area contributed by atoms with E-state index in [2.05, 4.69) is 5.32 Å². The van der Waals surface area contributed by atoms with E-state index >= 15 is 0 Å². The lowest BCUT2D eigenvalue weighted by Gasteiger charge is -2.21. The highest BCUT2D eigenvalue weighted by atomic mass is 35.5. The highest BCUT2D eigenvalue weighted by molar-refractivity contribution is 6.39. The average molecular weight is 395 g/mol. The summed E-state index contributed by atoms with van der Waals surface area (Å²) >= 11 is 12.1. The molecule has 0 bridgehead atoms. The Kier molecular flexibility index (Phi) is 6.89. The van der Waals surface area contributed by atoms with Gasteiger partial charge < -0.3 is 15.0 Å². The van der Waals surface area contributed by atoms with Crippen LogP contribution in [0.25, 0.3) is 0 Å². The number of benzene rings is 2. The Hall–Kier alpha value is -2.24. The summed E-state index contributed by atoms with van der Waals surface area (Å²) in [5.74, 6) is -0.0142. The first kappa shape index (κ1) is 20.1. The largest absolute Gasteiger partial charge is 0.496 e. The molecule has 1 N–H and O–H groups in total. The third-order valence-electron chi connectivity index (χ3n) is 3.89. The van der Waals surface area contributed by atoms with Gasteiger partial charge in [0.2, 0.25) is 5.91 Å². The Labute approximate surface area is 162 Å². The topological polar surface area (TPSA) is 58.6 Å². The van der Waals surface area contributed by atoms with Crippen LogP contribution in [-0.4, -0.2) is 36.9 Å². The lowest BCUT2D eigenvalue weighted by molar-refractivity contribution is -0.116. The van der Waals surface area contributed by atoms with E-state index in [-0.39, 0.29) is 18.4 Å². The molecule has 7 heteroatoms. The number of ether oxygens (including phenoxy) is 1. The molecule has 2 aromatic carbocycles. The zero-order valence-electron chi connectivity index (χ0n) is 14.8. The molecule has 2 aromatic rings. The van der Waals surface area contributed by atoms with E-state index in [0.717, 1.165) is 5.56 Å². The predicted molar refractivity (Wildman–Crippen MR) is 104 cm³/mol. The van der Waals surface area contributed by atoms with Crippen LogP contribution in [0.3, 0.4) is 0 Å². The number of nitrogens with zero attached hydrogens (tertiary/aromatic N) is 1. The average Bonchev–Trinajstić information content (AvgIpc) is 2.62. The fourth-order valence-electron chi connectivity index (χ4n) is 2.43. The lowest BCUT2D eigenvalue weighted by Crippen LogP contribution is -2.38. The summed E-state index contributed by atoms with van der Waals surface area (Å²) in [6.07, 6.45) is 0. The summed E-state index contributed by atoms with van der Waals surface area (Å²) in [4.78, 5) is 26.5. The fourth-order valence-corrected chi connectivity index (χ4v) is 2.92. The maximum atomic E-state index is 12.7. The van der Waals surface area contributed by atoms with Gasteiger partial charge in [-0.2, -0.15) is 0 Å². The van der Waals surface area contributed by atoms with E-state index in [1.54, 1.807) is 44.4 Å². The molecule has 0 unspecified atom stereocenters. The number of para-hydroxylation sites is 1. The summed E-state index contributed by atoms with van der Waals surface area (Å²) in [6, 6.07) is 10.1. The first-order valence-corrected chi connectivity index (χ1v) is 8.80. The molecule has 0 spiro atoms. The monoisotopic (exact) mass is 394 g/mol. The van der Waals surface area contributed by atoms with Crippen molar-refractivity contribution in [2.75, 3.05) is 25.5 Å². The zero-order chi connectivity index (χ0) is 19.3. The molecular weight excluding hydrogens is 375 g/mol. The van der Waals surface area contributed by atoms with Crippen molar-refractivity contribution >= 4 is 40.7 Å². The van der Waals surface area contributed by atoms with Crippen LogP contribution in [-0.2, 0) is 4.79 Å². The number of rotatable bonds is 6. The van der Waals surface area contributed by atoms with Crippen LogP contribution < -0.4 is 10.1 Å². The third kappa shape index (κ3) is 4.68. The maximum Gasteiger partial charge on any atom is 0.254 e. The molecule has 5 nitrogen and oxygen atoms in total. The summed E-state index contributed by atoms with van der Waals surface area (Å²) in [7, 11) is 1.55. The number of amides is 2. The number of nitrogens with one attached hydrogen (secondary N) is 1. The Morgan fingerprint density at radius 2 is 1.81 bits per heavy atom. The molecule has 0 aliphatic carbocycles. The van der Waals surface area contributed by atoms with Gasteiger partial charge in [0.05, 0.1) is 22.8 Å².